The van der Waals surface area contributed by atoms with Gasteiger partial charge < -0.3 is 4.74 Å². The summed E-state index contributed by atoms with van der Waals surface area (Å²) >= 11 is 3.19. The minimum absolute atomic E-state index is 0.270. The summed E-state index contributed by atoms with van der Waals surface area (Å²) in [6, 6.07) is 0. The van der Waals surface area contributed by atoms with Crippen LogP contribution in [-0.2, 0) is 19.3 Å². The van der Waals surface area contributed by atoms with Gasteiger partial charge in [-0.1, -0.05) is 15.9 Å². The number of halogens is 1. The lowest BCUT2D eigenvalue weighted by Crippen LogP contribution is -2.08. The molecule has 0 unspecified atom stereocenters. The molecular weight excluding hydrogens is 216 g/mol. The minimum Gasteiger partial charge on any atom is -0.378 e. The van der Waals surface area contributed by atoms with Crippen LogP contribution >= 0.6 is 15.9 Å². The van der Waals surface area contributed by atoms with E-state index in [1.807, 2.05) is 0 Å². The Morgan fingerprint density at radius 2 is 2.09 bits per heavy atom. The van der Waals surface area contributed by atoms with Crippen LogP contribution in [0.3, 0.4) is 0 Å². The highest BCUT2D eigenvalue weighted by molar-refractivity contribution is 9.09. The molecule has 4 nitrogen and oxygen atoms in total. The summed E-state index contributed by atoms with van der Waals surface area (Å²) in [7, 11) is 0. The first kappa shape index (κ1) is 10.9. The standard InChI is InChI=1S/C6H11BrO4/c1-6(8)11-10-5-4-9-3-2-7/h2-5H2,1H3. The molecule has 0 saturated carbocycles. The van der Waals surface area contributed by atoms with Gasteiger partial charge in [0, 0.05) is 12.3 Å². The molecule has 0 amide bonds. The van der Waals surface area contributed by atoms with E-state index in [2.05, 4.69) is 25.7 Å². The average Bonchev–Trinajstić information content (AvgIpc) is 1.96. The molecule has 0 bridgehead atoms. The molecule has 0 aromatic rings. The summed E-state index contributed by atoms with van der Waals surface area (Å²) in [6.45, 7) is 2.61. The Labute approximate surface area is 73.9 Å². The Morgan fingerprint density at radius 1 is 1.36 bits per heavy atom. The number of ether oxygens (including phenoxy) is 1. The summed E-state index contributed by atoms with van der Waals surface area (Å²) in [5.41, 5.74) is 0. The van der Waals surface area contributed by atoms with Gasteiger partial charge in [0.1, 0.15) is 6.61 Å². The number of rotatable bonds is 6. The van der Waals surface area contributed by atoms with E-state index in [1.165, 1.54) is 6.92 Å². The highest BCUT2D eigenvalue weighted by Gasteiger charge is 1.92. The van der Waals surface area contributed by atoms with Crippen LogP contribution in [0.5, 0.6) is 0 Å². The van der Waals surface area contributed by atoms with Crippen LogP contribution < -0.4 is 0 Å². The van der Waals surface area contributed by atoms with Crippen LogP contribution in [0.2, 0.25) is 0 Å². The number of carbonyl (C=O) groups excluding carboxylic acids is 1. The second-order valence-electron chi connectivity index (χ2n) is 1.70. The van der Waals surface area contributed by atoms with Crippen LogP contribution in [0.1, 0.15) is 6.92 Å². The summed E-state index contributed by atoms with van der Waals surface area (Å²) in [5, 5.41) is 0.792. The topological polar surface area (TPSA) is 44.8 Å². The summed E-state index contributed by atoms with van der Waals surface area (Å²) in [4.78, 5) is 18.8. The monoisotopic (exact) mass is 226 g/mol. The zero-order valence-electron chi connectivity index (χ0n) is 6.34. The molecule has 66 valence electrons. The molecule has 0 saturated heterocycles. The molecular formula is C6H11BrO4. The Bertz CT molecular complexity index is 107. The molecule has 0 spiro atoms. The van der Waals surface area contributed by atoms with E-state index in [0.29, 0.717) is 13.2 Å². The van der Waals surface area contributed by atoms with Gasteiger partial charge in [-0.3, -0.25) is 4.89 Å². The van der Waals surface area contributed by atoms with E-state index in [1.54, 1.807) is 0 Å². The SMILES string of the molecule is CC(=O)OOCCOCCBr. The smallest absolute Gasteiger partial charge is 0.339 e. The van der Waals surface area contributed by atoms with Crippen molar-refractivity contribution in [2.24, 2.45) is 0 Å². The zero-order chi connectivity index (χ0) is 8.53. The molecule has 0 fully saturated rings. The normalized spacial score (nSPS) is 9.64. The first-order valence-electron chi connectivity index (χ1n) is 3.21. The number of alkyl halides is 1. The molecule has 5 heteroatoms. The van der Waals surface area contributed by atoms with Crippen molar-refractivity contribution in [1.29, 1.82) is 0 Å². The quantitative estimate of drug-likeness (QED) is 0.292. The van der Waals surface area contributed by atoms with Gasteiger partial charge >= 0.3 is 5.97 Å². The lowest BCUT2D eigenvalue weighted by molar-refractivity contribution is -0.274. The van der Waals surface area contributed by atoms with Gasteiger partial charge in [0.15, 0.2) is 0 Å². The largest absolute Gasteiger partial charge is 0.378 e. The van der Waals surface area contributed by atoms with Crippen molar-refractivity contribution in [3.05, 3.63) is 0 Å². The third-order valence-electron chi connectivity index (χ3n) is 0.709. The molecule has 0 heterocycles. The molecule has 0 atom stereocenters. The molecule has 0 aliphatic heterocycles. The van der Waals surface area contributed by atoms with Crippen molar-refractivity contribution in [2.75, 3.05) is 25.2 Å². The molecule has 0 aromatic heterocycles. The van der Waals surface area contributed by atoms with E-state index in [4.69, 9.17) is 4.74 Å². The van der Waals surface area contributed by atoms with Gasteiger partial charge in [0.25, 0.3) is 0 Å². The maximum absolute atomic E-state index is 10.1. The maximum atomic E-state index is 10.1. The van der Waals surface area contributed by atoms with E-state index < -0.39 is 5.97 Å². The van der Waals surface area contributed by atoms with Gasteiger partial charge in [0.2, 0.25) is 0 Å². The summed E-state index contributed by atoms with van der Waals surface area (Å²) < 4.78 is 5.00. The molecule has 0 aliphatic rings. The van der Waals surface area contributed by atoms with Crippen LogP contribution in [0.4, 0.5) is 0 Å². The molecule has 0 aromatic carbocycles. The molecule has 0 rings (SSSR count). The first-order chi connectivity index (χ1) is 5.27. The van der Waals surface area contributed by atoms with Crippen LogP contribution in [0.15, 0.2) is 0 Å². The van der Waals surface area contributed by atoms with Gasteiger partial charge in [-0.15, -0.1) is 0 Å². The van der Waals surface area contributed by atoms with Crippen molar-refractivity contribution in [3.63, 3.8) is 0 Å². The van der Waals surface area contributed by atoms with Crippen molar-refractivity contribution < 1.29 is 19.3 Å². The van der Waals surface area contributed by atoms with Crippen molar-refractivity contribution in [1.82, 2.24) is 0 Å². The Morgan fingerprint density at radius 3 is 2.64 bits per heavy atom. The van der Waals surface area contributed by atoms with Crippen molar-refractivity contribution in [3.8, 4) is 0 Å². The second-order valence-corrected chi connectivity index (χ2v) is 2.49. The Hall–Kier alpha value is -0.130. The maximum Gasteiger partial charge on any atom is 0.339 e. The summed E-state index contributed by atoms with van der Waals surface area (Å²) in [5.74, 6) is -0.453. The Balaban J connectivity index is 2.85. The number of hydrogen-bond acceptors (Lipinski definition) is 4. The number of carbonyl (C=O) groups is 1. The third-order valence-corrected chi connectivity index (χ3v) is 1.03. The number of hydrogen-bond donors (Lipinski definition) is 0. The van der Waals surface area contributed by atoms with E-state index in [0.717, 1.165) is 5.33 Å². The zero-order valence-corrected chi connectivity index (χ0v) is 7.93. The van der Waals surface area contributed by atoms with Gasteiger partial charge in [-0.25, -0.2) is 4.79 Å². The second kappa shape index (κ2) is 7.97. The lowest BCUT2D eigenvalue weighted by Gasteiger charge is -2.01. The Kier molecular flexibility index (Phi) is 7.88. The first-order valence-corrected chi connectivity index (χ1v) is 4.33. The predicted octanol–water partition coefficient (Wildman–Crippen LogP) is 0.893. The third kappa shape index (κ3) is 9.87. The van der Waals surface area contributed by atoms with Gasteiger partial charge in [-0.05, 0) is 0 Å². The predicted molar refractivity (Wildman–Crippen MR) is 42.3 cm³/mol. The van der Waals surface area contributed by atoms with Gasteiger partial charge in [0.05, 0.1) is 13.2 Å². The summed E-state index contributed by atoms with van der Waals surface area (Å²) in [6.07, 6.45) is 0. The molecule has 11 heavy (non-hydrogen) atoms. The molecule has 0 N–H and O–H groups in total. The van der Waals surface area contributed by atoms with E-state index in [-0.39, 0.29) is 6.61 Å². The van der Waals surface area contributed by atoms with Gasteiger partial charge in [-0.2, -0.15) is 4.89 Å². The molecule has 0 radical (unpaired) electrons. The fourth-order valence-corrected chi connectivity index (χ4v) is 0.603. The van der Waals surface area contributed by atoms with Crippen LogP contribution in [0, 0.1) is 0 Å². The molecule has 0 aliphatic carbocycles. The lowest BCUT2D eigenvalue weighted by atomic mass is 10.7. The van der Waals surface area contributed by atoms with Crippen molar-refractivity contribution >= 4 is 21.9 Å². The highest BCUT2D eigenvalue weighted by Crippen LogP contribution is 1.84. The van der Waals surface area contributed by atoms with E-state index in [9.17, 15) is 4.79 Å². The minimum atomic E-state index is -0.453. The van der Waals surface area contributed by atoms with Crippen LogP contribution in [-0.4, -0.2) is 31.1 Å². The fraction of sp³-hybridized carbons (Fsp3) is 0.833. The van der Waals surface area contributed by atoms with Crippen LogP contribution in [0.25, 0.3) is 0 Å². The average molecular weight is 227 g/mol. The van der Waals surface area contributed by atoms with E-state index >= 15 is 0 Å². The highest BCUT2D eigenvalue weighted by atomic mass is 79.9. The van der Waals surface area contributed by atoms with Crippen molar-refractivity contribution in [2.45, 2.75) is 6.92 Å². The fourth-order valence-electron chi connectivity index (χ4n) is 0.374.